The summed E-state index contributed by atoms with van der Waals surface area (Å²) in [6.45, 7) is 6.11. The van der Waals surface area contributed by atoms with Crippen molar-refractivity contribution in [2.24, 2.45) is 5.92 Å². The van der Waals surface area contributed by atoms with Crippen molar-refractivity contribution >= 4 is 27.0 Å². The van der Waals surface area contributed by atoms with Crippen molar-refractivity contribution in [3.8, 4) is 0 Å². The van der Waals surface area contributed by atoms with Crippen molar-refractivity contribution in [3.63, 3.8) is 0 Å². The van der Waals surface area contributed by atoms with Gasteiger partial charge in [-0.3, -0.25) is 0 Å². The molecular formula is C11H20N2O2S2. The van der Waals surface area contributed by atoms with E-state index < -0.39 is 10.0 Å². The van der Waals surface area contributed by atoms with Crippen molar-refractivity contribution < 1.29 is 8.42 Å². The van der Waals surface area contributed by atoms with Crippen LogP contribution in [0.4, 0.5) is 5.69 Å². The Kier molecular flexibility index (Phi) is 4.97. The maximum atomic E-state index is 12.0. The van der Waals surface area contributed by atoms with Gasteiger partial charge in [0.25, 0.3) is 0 Å². The van der Waals surface area contributed by atoms with Gasteiger partial charge in [0.2, 0.25) is 10.0 Å². The van der Waals surface area contributed by atoms with E-state index in [0.29, 0.717) is 11.6 Å². The molecule has 0 fully saturated rings. The van der Waals surface area contributed by atoms with Crippen LogP contribution in [0.5, 0.6) is 0 Å². The van der Waals surface area contributed by atoms with Gasteiger partial charge in [-0.1, -0.05) is 20.3 Å². The minimum atomic E-state index is -3.40. The number of thiophene rings is 1. The van der Waals surface area contributed by atoms with Crippen molar-refractivity contribution in [2.75, 3.05) is 5.73 Å². The van der Waals surface area contributed by atoms with E-state index in [0.717, 1.165) is 24.2 Å². The van der Waals surface area contributed by atoms with E-state index in [1.807, 2.05) is 6.92 Å². The van der Waals surface area contributed by atoms with Gasteiger partial charge < -0.3 is 5.73 Å². The first-order valence-corrected chi connectivity index (χ1v) is 8.07. The van der Waals surface area contributed by atoms with E-state index in [9.17, 15) is 8.42 Å². The number of nitrogens with two attached hydrogens (primary N) is 1. The van der Waals surface area contributed by atoms with Gasteiger partial charge in [-0.05, 0) is 25.3 Å². The molecule has 1 heterocycles. The quantitative estimate of drug-likeness (QED) is 0.838. The second kappa shape index (κ2) is 5.84. The lowest BCUT2D eigenvalue weighted by molar-refractivity contribution is 0.446. The topological polar surface area (TPSA) is 72.2 Å². The largest absolute Gasteiger partial charge is 0.398 e. The van der Waals surface area contributed by atoms with Crippen LogP contribution in [0, 0.1) is 5.92 Å². The minimum absolute atomic E-state index is 0.0572. The first kappa shape index (κ1) is 14.5. The molecule has 0 radical (unpaired) electrons. The van der Waals surface area contributed by atoms with Gasteiger partial charge in [-0.15, -0.1) is 11.3 Å². The molecule has 4 nitrogen and oxygen atoms in total. The Balaban J connectivity index is 2.67. The average Bonchev–Trinajstić information content (AvgIpc) is 2.64. The molecule has 6 heteroatoms. The lowest BCUT2D eigenvalue weighted by Gasteiger charge is -2.16. The second-order valence-electron chi connectivity index (χ2n) is 4.47. The first-order chi connectivity index (χ1) is 7.85. The van der Waals surface area contributed by atoms with Crippen LogP contribution in [0.3, 0.4) is 0 Å². The molecule has 0 aliphatic rings. The fraction of sp³-hybridized carbons (Fsp3) is 0.636. The summed E-state index contributed by atoms with van der Waals surface area (Å²) in [5.41, 5.74) is 6.02. The predicted octanol–water partition coefficient (Wildman–Crippen LogP) is 2.43. The maximum absolute atomic E-state index is 12.0. The third-order valence-electron chi connectivity index (χ3n) is 2.67. The van der Waals surface area contributed by atoms with E-state index in [4.69, 9.17) is 5.73 Å². The Bertz CT molecular complexity index is 454. The number of hydrogen-bond donors (Lipinski definition) is 2. The number of hydrogen-bond acceptors (Lipinski definition) is 4. The van der Waals surface area contributed by atoms with E-state index in [2.05, 4.69) is 18.6 Å². The summed E-state index contributed by atoms with van der Waals surface area (Å²) in [4.78, 5) is 0. The van der Waals surface area contributed by atoms with E-state index in [1.54, 1.807) is 5.38 Å². The van der Waals surface area contributed by atoms with E-state index in [1.165, 1.54) is 6.07 Å². The second-order valence-corrected chi connectivity index (χ2v) is 7.32. The molecule has 17 heavy (non-hydrogen) atoms. The normalized spacial score (nSPS) is 15.7. The standard InChI is InChI=1S/C11H20N2O2S2/c1-4-8(2)5-9(3)13-17(14,15)11-6-10(12)7-16-11/h6-9,13H,4-5,12H2,1-3H3. The van der Waals surface area contributed by atoms with Crippen LogP contribution in [0.15, 0.2) is 15.7 Å². The lowest BCUT2D eigenvalue weighted by atomic mass is 10.0. The maximum Gasteiger partial charge on any atom is 0.250 e. The zero-order chi connectivity index (χ0) is 13.1. The van der Waals surface area contributed by atoms with Gasteiger partial charge in [-0.25, -0.2) is 13.1 Å². The zero-order valence-corrected chi connectivity index (χ0v) is 12.1. The molecule has 2 atom stereocenters. The SMILES string of the molecule is CCC(C)CC(C)NS(=O)(=O)c1cc(N)cs1. The molecule has 3 N–H and O–H groups in total. The van der Waals surface area contributed by atoms with Gasteiger partial charge in [0, 0.05) is 17.1 Å². The third kappa shape index (κ3) is 4.29. The Morgan fingerprint density at radius 1 is 1.47 bits per heavy atom. The number of nitrogens with one attached hydrogen (secondary N) is 1. The van der Waals surface area contributed by atoms with E-state index >= 15 is 0 Å². The molecule has 2 unspecified atom stereocenters. The van der Waals surface area contributed by atoms with Crippen LogP contribution in [-0.4, -0.2) is 14.5 Å². The van der Waals surface area contributed by atoms with Crippen LogP contribution in [0.25, 0.3) is 0 Å². The van der Waals surface area contributed by atoms with Crippen molar-refractivity contribution in [1.82, 2.24) is 4.72 Å². The molecule has 0 aliphatic carbocycles. The number of rotatable bonds is 6. The molecule has 0 spiro atoms. The van der Waals surface area contributed by atoms with Crippen LogP contribution in [0.2, 0.25) is 0 Å². The minimum Gasteiger partial charge on any atom is -0.398 e. The molecule has 98 valence electrons. The molecule has 0 bridgehead atoms. The highest BCUT2D eigenvalue weighted by atomic mass is 32.2. The van der Waals surface area contributed by atoms with Crippen LogP contribution >= 0.6 is 11.3 Å². The van der Waals surface area contributed by atoms with Crippen molar-refractivity contribution in [3.05, 3.63) is 11.4 Å². The van der Waals surface area contributed by atoms with Gasteiger partial charge in [0.05, 0.1) is 0 Å². The van der Waals surface area contributed by atoms with Crippen LogP contribution in [-0.2, 0) is 10.0 Å². The fourth-order valence-corrected chi connectivity index (χ4v) is 3.97. The molecular weight excluding hydrogens is 256 g/mol. The van der Waals surface area contributed by atoms with Crippen molar-refractivity contribution in [1.29, 1.82) is 0 Å². The Morgan fingerprint density at radius 3 is 2.59 bits per heavy atom. The predicted molar refractivity (Wildman–Crippen MR) is 72.6 cm³/mol. The van der Waals surface area contributed by atoms with E-state index in [-0.39, 0.29) is 10.3 Å². The summed E-state index contributed by atoms with van der Waals surface area (Å²) in [6, 6.07) is 1.43. The molecule has 0 aliphatic heterocycles. The highest BCUT2D eigenvalue weighted by Crippen LogP contribution is 2.22. The summed E-state index contributed by atoms with van der Waals surface area (Å²) in [5, 5.41) is 1.63. The molecule has 0 saturated carbocycles. The van der Waals surface area contributed by atoms with Crippen LogP contribution < -0.4 is 10.5 Å². The number of nitrogen functional groups attached to an aromatic ring is 1. The molecule has 0 amide bonds. The average molecular weight is 276 g/mol. The molecule has 0 aromatic carbocycles. The molecule has 1 aromatic heterocycles. The molecule has 1 rings (SSSR count). The highest BCUT2D eigenvalue weighted by Gasteiger charge is 2.19. The fourth-order valence-electron chi connectivity index (χ4n) is 1.61. The molecule has 1 aromatic rings. The first-order valence-electron chi connectivity index (χ1n) is 5.71. The lowest BCUT2D eigenvalue weighted by Crippen LogP contribution is -2.33. The Morgan fingerprint density at radius 2 is 2.12 bits per heavy atom. The summed E-state index contributed by atoms with van der Waals surface area (Å²) in [7, 11) is -3.40. The summed E-state index contributed by atoms with van der Waals surface area (Å²) in [6.07, 6.45) is 1.90. The molecule has 0 saturated heterocycles. The zero-order valence-electron chi connectivity index (χ0n) is 10.4. The van der Waals surface area contributed by atoms with Gasteiger partial charge in [0.15, 0.2) is 0 Å². The smallest absolute Gasteiger partial charge is 0.250 e. The Hall–Kier alpha value is -0.590. The highest BCUT2D eigenvalue weighted by molar-refractivity contribution is 7.91. The third-order valence-corrected chi connectivity index (χ3v) is 5.72. The summed E-state index contributed by atoms with van der Waals surface area (Å²) in [5.74, 6) is 0.515. The summed E-state index contributed by atoms with van der Waals surface area (Å²) < 4.78 is 26.9. The van der Waals surface area contributed by atoms with Gasteiger partial charge in [0.1, 0.15) is 4.21 Å². The number of sulfonamides is 1. The Labute approximate surface area is 107 Å². The van der Waals surface area contributed by atoms with Crippen LogP contribution in [0.1, 0.15) is 33.6 Å². The van der Waals surface area contributed by atoms with Gasteiger partial charge in [-0.2, -0.15) is 0 Å². The summed E-state index contributed by atoms with van der Waals surface area (Å²) >= 11 is 1.15. The van der Waals surface area contributed by atoms with Crippen molar-refractivity contribution in [2.45, 2.75) is 43.9 Å². The number of anilines is 1. The monoisotopic (exact) mass is 276 g/mol. The van der Waals surface area contributed by atoms with Gasteiger partial charge >= 0.3 is 0 Å².